The topological polar surface area (TPSA) is 57.8 Å². The molecule has 0 aromatic carbocycles. The summed E-state index contributed by atoms with van der Waals surface area (Å²) in [6.45, 7) is 1.31. The summed E-state index contributed by atoms with van der Waals surface area (Å²) in [7, 11) is 1.77. The Morgan fingerprint density at radius 2 is 2.26 bits per heavy atom. The fourth-order valence-corrected chi connectivity index (χ4v) is 2.49. The average Bonchev–Trinajstić information content (AvgIpc) is 2.77. The monoisotopic (exact) mass is 283 g/mol. The quantitative estimate of drug-likeness (QED) is 0.398. The summed E-state index contributed by atoms with van der Waals surface area (Å²) in [5.41, 5.74) is 1.92. The third kappa shape index (κ3) is 2.76. The van der Waals surface area contributed by atoms with Crippen LogP contribution in [-0.2, 0) is 6.54 Å². The van der Waals surface area contributed by atoms with Gasteiger partial charge in [0, 0.05) is 44.2 Å². The van der Waals surface area contributed by atoms with Gasteiger partial charge < -0.3 is 14.7 Å². The Morgan fingerprint density at radius 1 is 1.47 bits per heavy atom. The van der Waals surface area contributed by atoms with E-state index in [1.807, 2.05) is 16.8 Å². The Balaban J connectivity index is 2.34. The van der Waals surface area contributed by atoms with Crippen molar-refractivity contribution in [3.8, 4) is 0 Å². The van der Waals surface area contributed by atoms with E-state index in [1.54, 1.807) is 11.9 Å². The standard InChI is InChI=1S/C13H18ClN3O2/c1-16-8-5-11(15-19)10-4-9-17(7-3-2-6-14)12(10)13(16)18/h4,9,19H,2-3,5-8H2,1H3/b15-11-. The number of alkyl halides is 1. The van der Waals surface area contributed by atoms with Crippen LogP contribution in [0.15, 0.2) is 17.4 Å². The Kier molecular flexibility index (Phi) is 4.47. The molecule has 2 rings (SSSR count). The van der Waals surface area contributed by atoms with E-state index in [2.05, 4.69) is 5.16 Å². The number of aryl methyl sites for hydroxylation is 1. The molecule has 1 aromatic heterocycles. The van der Waals surface area contributed by atoms with Gasteiger partial charge in [-0.1, -0.05) is 5.16 Å². The highest BCUT2D eigenvalue weighted by Gasteiger charge is 2.27. The van der Waals surface area contributed by atoms with Gasteiger partial charge in [-0.25, -0.2) is 0 Å². The van der Waals surface area contributed by atoms with Gasteiger partial charge in [-0.15, -0.1) is 11.6 Å². The van der Waals surface area contributed by atoms with Crippen LogP contribution in [0, 0.1) is 0 Å². The average molecular weight is 284 g/mol. The molecule has 0 radical (unpaired) electrons. The highest BCUT2D eigenvalue weighted by molar-refractivity contribution is 6.17. The van der Waals surface area contributed by atoms with Crippen molar-refractivity contribution < 1.29 is 10.0 Å². The number of unbranched alkanes of at least 4 members (excludes halogenated alkanes) is 1. The lowest BCUT2D eigenvalue weighted by atomic mass is 10.1. The van der Waals surface area contributed by atoms with Crippen molar-refractivity contribution in [3.05, 3.63) is 23.5 Å². The first-order valence-electron chi connectivity index (χ1n) is 6.41. The van der Waals surface area contributed by atoms with Gasteiger partial charge in [0.05, 0.1) is 5.71 Å². The molecule has 19 heavy (non-hydrogen) atoms. The van der Waals surface area contributed by atoms with Gasteiger partial charge in [-0.3, -0.25) is 4.79 Å². The van der Waals surface area contributed by atoms with Gasteiger partial charge in [-0.05, 0) is 18.9 Å². The van der Waals surface area contributed by atoms with Crippen LogP contribution in [-0.4, -0.2) is 45.8 Å². The molecule has 0 aliphatic carbocycles. The van der Waals surface area contributed by atoms with Crippen LogP contribution >= 0.6 is 11.6 Å². The molecular weight excluding hydrogens is 266 g/mol. The molecule has 0 atom stereocenters. The van der Waals surface area contributed by atoms with Crippen molar-refractivity contribution in [2.75, 3.05) is 19.5 Å². The predicted molar refractivity (Wildman–Crippen MR) is 74.3 cm³/mol. The Hall–Kier alpha value is -1.49. The second-order valence-electron chi connectivity index (χ2n) is 4.69. The van der Waals surface area contributed by atoms with E-state index in [-0.39, 0.29) is 5.91 Å². The molecule has 0 saturated heterocycles. The highest BCUT2D eigenvalue weighted by atomic mass is 35.5. The number of amides is 1. The summed E-state index contributed by atoms with van der Waals surface area (Å²) in [5, 5.41) is 12.4. The first kappa shape index (κ1) is 13.9. The molecule has 0 fully saturated rings. The molecule has 1 aromatic rings. The number of oxime groups is 1. The van der Waals surface area contributed by atoms with Gasteiger partial charge in [0.2, 0.25) is 0 Å². The maximum atomic E-state index is 12.4. The molecule has 1 aliphatic heterocycles. The first-order chi connectivity index (χ1) is 9.19. The minimum Gasteiger partial charge on any atom is -0.411 e. The SMILES string of the molecule is CN1CC/C(=N/O)c2ccn(CCCCCl)c2C1=O. The Morgan fingerprint density at radius 3 is 2.95 bits per heavy atom. The smallest absolute Gasteiger partial charge is 0.270 e. The van der Waals surface area contributed by atoms with E-state index in [4.69, 9.17) is 16.8 Å². The molecule has 6 heteroatoms. The van der Waals surface area contributed by atoms with Gasteiger partial charge >= 0.3 is 0 Å². The summed E-state index contributed by atoms with van der Waals surface area (Å²) < 4.78 is 1.93. The molecule has 1 amide bonds. The van der Waals surface area contributed by atoms with E-state index in [0.717, 1.165) is 24.9 Å². The number of hydrogen-bond acceptors (Lipinski definition) is 3. The lowest BCUT2D eigenvalue weighted by Gasteiger charge is -2.15. The largest absolute Gasteiger partial charge is 0.411 e. The van der Waals surface area contributed by atoms with Gasteiger partial charge in [0.25, 0.3) is 5.91 Å². The minimum absolute atomic E-state index is 0.0236. The van der Waals surface area contributed by atoms with Gasteiger partial charge in [0.1, 0.15) is 5.69 Å². The third-order valence-electron chi connectivity index (χ3n) is 3.41. The maximum Gasteiger partial charge on any atom is 0.270 e. The molecule has 0 spiro atoms. The van der Waals surface area contributed by atoms with Crippen LogP contribution in [0.25, 0.3) is 0 Å². The van der Waals surface area contributed by atoms with E-state index in [1.165, 1.54) is 0 Å². The van der Waals surface area contributed by atoms with Crippen LogP contribution in [0.4, 0.5) is 0 Å². The summed E-state index contributed by atoms with van der Waals surface area (Å²) in [5.74, 6) is 0.602. The van der Waals surface area contributed by atoms with E-state index in [0.29, 0.717) is 30.3 Å². The first-order valence-corrected chi connectivity index (χ1v) is 6.94. The number of halogens is 1. The lowest BCUT2D eigenvalue weighted by Crippen LogP contribution is -2.28. The summed E-state index contributed by atoms with van der Waals surface area (Å²) in [6, 6.07) is 1.85. The Labute approximate surface area is 117 Å². The second kappa shape index (κ2) is 6.10. The van der Waals surface area contributed by atoms with Crippen molar-refractivity contribution in [2.45, 2.75) is 25.8 Å². The van der Waals surface area contributed by atoms with Crippen LogP contribution in [0.2, 0.25) is 0 Å². The van der Waals surface area contributed by atoms with Gasteiger partial charge in [-0.2, -0.15) is 0 Å². The van der Waals surface area contributed by atoms with E-state index < -0.39 is 0 Å². The molecule has 1 aliphatic rings. The van der Waals surface area contributed by atoms with E-state index in [9.17, 15) is 4.79 Å². The lowest BCUT2D eigenvalue weighted by molar-refractivity contribution is 0.0791. The number of nitrogens with zero attached hydrogens (tertiary/aromatic N) is 3. The highest BCUT2D eigenvalue weighted by Crippen LogP contribution is 2.20. The fraction of sp³-hybridized carbons (Fsp3) is 0.538. The van der Waals surface area contributed by atoms with E-state index >= 15 is 0 Å². The van der Waals surface area contributed by atoms with Crippen LogP contribution < -0.4 is 0 Å². The summed E-state index contributed by atoms with van der Waals surface area (Å²) in [4.78, 5) is 14.0. The number of aromatic nitrogens is 1. The number of rotatable bonds is 4. The van der Waals surface area contributed by atoms with Crippen molar-refractivity contribution in [2.24, 2.45) is 5.16 Å². The Bertz CT molecular complexity index is 496. The van der Waals surface area contributed by atoms with Crippen LogP contribution in [0.5, 0.6) is 0 Å². The minimum atomic E-state index is -0.0236. The summed E-state index contributed by atoms with van der Waals surface area (Å²) >= 11 is 5.67. The third-order valence-corrected chi connectivity index (χ3v) is 3.68. The number of carbonyl (C=O) groups excluding carboxylic acids is 1. The number of carbonyl (C=O) groups is 1. The molecular formula is C13H18ClN3O2. The molecule has 2 heterocycles. The second-order valence-corrected chi connectivity index (χ2v) is 5.07. The predicted octanol–water partition coefficient (Wildman–Crippen LogP) is 2.16. The van der Waals surface area contributed by atoms with Crippen LogP contribution in [0.3, 0.4) is 0 Å². The molecule has 1 N–H and O–H groups in total. The number of hydrogen-bond donors (Lipinski definition) is 1. The molecule has 0 saturated carbocycles. The zero-order valence-corrected chi connectivity index (χ0v) is 11.7. The maximum absolute atomic E-state index is 12.4. The van der Waals surface area contributed by atoms with Crippen molar-refractivity contribution in [1.29, 1.82) is 0 Å². The fourth-order valence-electron chi connectivity index (χ4n) is 2.30. The molecule has 0 unspecified atom stereocenters. The van der Waals surface area contributed by atoms with Crippen molar-refractivity contribution in [3.63, 3.8) is 0 Å². The summed E-state index contributed by atoms with van der Waals surface area (Å²) in [6.07, 6.45) is 4.28. The van der Waals surface area contributed by atoms with Crippen LogP contribution in [0.1, 0.15) is 35.3 Å². The van der Waals surface area contributed by atoms with Crippen molar-refractivity contribution in [1.82, 2.24) is 9.47 Å². The normalized spacial score (nSPS) is 17.7. The molecule has 104 valence electrons. The molecule has 0 bridgehead atoms. The van der Waals surface area contributed by atoms with Crippen molar-refractivity contribution >= 4 is 23.2 Å². The van der Waals surface area contributed by atoms with Gasteiger partial charge in [0.15, 0.2) is 0 Å². The molecule has 5 nitrogen and oxygen atoms in total. The zero-order valence-electron chi connectivity index (χ0n) is 11.0. The zero-order chi connectivity index (χ0) is 13.8. The number of fused-ring (bicyclic) bond motifs is 1.